The van der Waals surface area contributed by atoms with Crippen molar-refractivity contribution in [2.45, 2.75) is 39.3 Å². The molecule has 24 heavy (non-hydrogen) atoms. The van der Waals surface area contributed by atoms with Gasteiger partial charge in [-0.2, -0.15) is 0 Å². The first kappa shape index (κ1) is 14.8. The molecule has 3 aromatic heterocycles. The van der Waals surface area contributed by atoms with Crippen molar-refractivity contribution < 1.29 is 18.5 Å². The Balaban J connectivity index is 1.44. The predicted molar refractivity (Wildman–Crippen MR) is 85.5 cm³/mol. The SMILES string of the molecule is Cc1cc(C(=O)OCc2cc(-c3ccco3)on2)c(C)n1C1CC1. The Hall–Kier alpha value is -2.76. The van der Waals surface area contributed by atoms with E-state index in [1.165, 1.54) is 12.8 Å². The Morgan fingerprint density at radius 1 is 1.33 bits per heavy atom. The van der Waals surface area contributed by atoms with E-state index in [-0.39, 0.29) is 12.6 Å². The van der Waals surface area contributed by atoms with E-state index in [1.807, 2.05) is 19.9 Å². The molecule has 0 spiro atoms. The van der Waals surface area contributed by atoms with Crippen LogP contribution in [0.3, 0.4) is 0 Å². The molecule has 6 heteroatoms. The van der Waals surface area contributed by atoms with Crippen molar-refractivity contribution in [1.29, 1.82) is 0 Å². The van der Waals surface area contributed by atoms with Crippen molar-refractivity contribution in [3.8, 4) is 11.5 Å². The van der Waals surface area contributed by atoms with E-state index in [0.717, 1.165) is 11.4 Å². The van der Waals surface area contributed by atoms with E-state index < -0.39 is 0 Å². The zero-order valence-corrected chi connectivity index (χ0v) is 13.6. The van der Waals surface area contributed by atoms with Gasteiger partial charge in [0.1, 0.15) is 12.3 Å². The summed E-state index contributed by atoms with van der Waals surface area (Å²) in [5, 5.41) is 3.90. The van der Waals surface area contributed by atoms with E-state index in [4.69, 9.17) is 13.7 Å². The lowest BCUT2D eigenvalue weighted by molar-refractivity contribution is 0.0463. The lowest BCUT2D eigenvalue weighted by Crippen LogP contribution is -2.07. The maximum Gasteiger partial charge on any atom is 0.340 e. The van der Waals surface area contributed by atoms with Crippen LogP contribution in [0.5, 0.6) is 0 Å². The van der Waals surface area contributed by atoms with E-state index in [1.54, 1.807) is 24.5 Å². The monoisotopic (exact) mass is 326 g/mol. The van der Waals surface area contributed by atoms with Gasteiger partial charge in [-0.3, -0.25) is 0 Å². The molecule has 0 unspecified atom stereocenters. The molecule has 1 fully saturated rings. The molecule has 1 saturated carbocycles. The highest BCUT2D eigenvalue weighted by Crippen LogP contribution is 2.38. The normalized spacial score (nSPS) is 14.1. The van der Waals surface area contributed by atoms with Crippen molar-refractivity contribution in [2.24, 2.45) is 0 Å². The van der Waals surface area contributed by atoms with Crippen LogP contribution in [-0.4, -0.2) is 15.7 Å². The first-order valence-corrected chi connectivity index (χ1v) is 7.98. The first-order chi connectivity index (χ1) is 11.6. The fraction of sp³-hybridized carbons (Fsp3) is 0.333. The molecule has 4 rings (SSSR count). The van der Waals surface area contributed by atoms with E-state index >= 15 is 0 Å². The van der Waals surface area contributed by atoms with Crippen LogP contribution in [0.2, 0.25) is 0 Å². The summed E-state index contributed by atoms with van der Waals surface area (Å²) in [6, 6.07) is 7.70. The number of rotatable bonds is 5. The molecule has 1 aliphatic rings. The van der Waals surface area contributed by atoms with Crippen molar-refractivity contribution in [3.63, 3.8) is 0 Å². The second-order valence-corrected chi connectivity index (χ2v) is 6.12. The van der Waals surface area contributed by atoms with Crippen LogP contribution in [0.15, 0.2) is 39.5 Å². The van der Waals surface area contributed by atoms with E-state index in [0.29, 0.717) is 28.8 Å². The fourth-order valence-electron chi connectivity index (χ4n) is 3.01. The molecule has 0 saturated heterocycles. The summed E-state index contributed by atoms with van der Waals surface area (Å²) in [7, 11) is 0. The number of carbonyl (C=O) groups excluding carboxylic acids is 1. The van der Waals surface area contributed by atoms with Gasteiger partial charge in [-0.25, -0.2) is 4.79 Å². The van der Waals surface area contributed by atoms with Gasteiger partial charge >= 0.3 is 5.97 Å². The van der Waals surface area contributed by atoms with Crippen molar-refractivity contribution in [2.75, 3.05) is 0 Å². The molecule has 0 bridgehead atoms. The number of hydrogen-bond acceptors (Lipinski definition) is 5. The minimum atomic E-state index is -0.336. The maximum atomic E-state index is 12.4. The smallest absolute Gasteiger partial charge is 0.340 e. The van der Waals surface area contributed by atoms with Gasteiger partial charge in [0.15, 0.2) is 5.76 Å². The second kappa shape index (κ2) is 5.70. The van der Waals surface area contributed by atoms with Gasteiger partial charge in [0.05, 0.1) is 11.8 Å². The zero-order chi connectivity index (χ0) is 16.7. The van der Waals surface area contributed by atoms with Crippen molar-refractivity contribution >= 4 is 5.97 Å². The van der Waals surface area contributed by atoms with Crippen LogP contribution >= 0.6 is 0 Å². The van der Waals surface area contributed by atoms with Crippen LogP contribution in [0.4, 0.5) is 0 Å². The molecule has 6 nitrogen and oxygen atoms in total. The highest BCUT2D eigenvalue weighted by molar-refractivity contribution is 5.91. The summed E-state index contributed by atoms with van der Waals surface area (Å²) < 4.78 is 18.1. The van der Waals surface area contributed by atoms with Gasteiger partial charge in [-0.05, 0) is 44.9 Å². The van der Waals surface area contributed by atoms with Gasteiger partial charge in [0, 0.05) is 23.5 Å². The quantitative estimate of drug-likeness (QED) is 0.662. The number of aromatic nitrogens is 2. The summed E-state index contributed by atoms with van der Waals surface area (Å²) in [6.45, 7) is 4.05. The third-order valence-corrected chi connectivity index (χ3v) is 4.29. The standard InChI is InChI=1S/C18H18N2O4/c1-11-8-15(12(2)20(11)14-5-6-14)18(21)23-10-13-9-17(24-19-13)16-4-3-7-22-16/h3-4,7-9,14H,5-6,10H2,1-2H3. The van der Waals surface area contributed by atoms with Crippen LogP contribution in [0.1, 0.15) is 46.3 Å². The zero-order valence-electron chi connectivity index (χ0n) is 13.6. The molecule has 0 aromatic carbocycles. The first-order valence-electron chi connectivity index (χ1n) is 7.98. The third kappa shape index (κ3) is 2.64. The van der Waals surface area contributed by atoms with Crippen LogP contribution in [0.25, 0.3) is 11.5 Å². The van der Waals surface area contributed by atoms with Crippen molar-refractivity contribution in [3.05, 3.63) is 53.2 Å². The highest BCUT2D eigenvalue weighted by Gasteiger charge is 2.28. The maximum absolute atomic E-state index is 12.4. The number of furan rings is 1. The summed E-state index contributed by atoms with van der Waals surface area (Å²) >= 11 is 0. The molecule has 0 atom stereocenters. The molecule has 0 amide bonds. The molecule has 0 radical (unpaired) electrons. The minimum absolute atomic E-state index is 0.0656. The third-order valence-electron chi connectivity index (χ3n) is 4.29. The molecule has 3 aromatic rings. The highest BCUT2D eigenvalue weighted by atomic mass is 16.5. The lowest BCUT2D eigenvalue weighted by Gasteiger charge is -2.07. The largest absolute Gasteiger partial charge is 0.461 e. The Morgan fingerprint density at radius 2 is 2.17 bits per heavy atom. The second-order valence-electron chi connectivity index (χ2n) is 6.12. The van der Waals surface area contributed by atoms with E-state index in [2.05, 4.69) is 9.72 Å². The predicted octanol–water partition coefficient (Wildman–Crippen LogP) is 4.04. The van der Waals surface area contributed by atoms with Gasteiger partial charge in [-0.1, -0.05) is 5.16 Å². The van der Waals surface area contributed by atoms with Crippen molar-refractivity contribution in [1.82, 2.24) is 9.72 Å². The number of nitrogens with zero attached hydrogens (tertiary/aromatic N) is 2. The topological polar surface area (TPSA) is 70.4 Å². The minimum Gasteiger partial charge on any atom is -0.461 e. The molecular formula is C18H18N2O4. The molecular weight excluding hydrogens is 308 g/mol. The number of hydrogen-bond donors (Lipinski definition) is 0. The summed E-state index contributed by atoms with van der Waals surface area (Å²) in [6.07, 6.45) is 3.92. The molecule has 0 N–H and O–H groups in total. The van der Waals surface area contributed by atoms with Gasteiger partial charge in [0.2, 0.25) is 5.76 Å². The van der Waals surface area contributed by atoms with Gasteiger partial charge in [-0.15, -0.1) is 0 Å². The van der Waals surface area contributed by atoms with Gasteiger partial charge in [0.25, 0.3) is 0 Å². The van der Waals surface area contributed by atoms with Crippen LogP contribution in [0, 0.1) is 13.8 Å². The average Bonchev–Trinajstić information content (AvgIpc) is 3.01. The van der Waals surface area contributed by atoms with Gasteiger partial charge < -0.3 is 18.2 Å². The summed E-state index contributed by atoms with van der Waals surface area (Å²) in [5.74, 6) is 0.767. The number of ether oxygens (including phenoxy) is 1. The molecule has 3 heterocycles. The Bertz CT molecular complexity index is 869. The fourth-order valence-corrected chi connectivity index (χ4v) is 3.01. The summed E-state index contributed by atoms with van der Waals surface area (Å²) in [4.78, 5) is 12.4. The van der Waals surface area contributed by atoms with Crippen LogP contribution in [-0.2, 0) is 11.3 Å². The molecule has 124 valence electrons. The molecule has 1 aliphatic carbocycles. The summed E-state index contributed by atoms with van der Waals surface area (Å²) in [5.41, 5.74) is 3.24. The Kier molecular flexibility index (Phi) is 3.52. The number of aryl methyl sites for hydroxylation is 1. The number of esters is 1. The average molecular weight is 326 g/mol. The Labute approximate surface area is 139 Å². The molecule has 0 aliphatic heterocycles. The van der Waals surface area contributed by atoms with Crippen LogP contribution < -0.4 is 0 Å². The lowest BCUT2D eigenvalue weighted by atomic mass is 10.2. The number of carbonyl (C=O) groups is 1. The van der Waals surface area contributed by atoms with E-state index in [9.17, 15) is 4.79 Å². The Morgan fingerprint density at radius 3 is 2.88 bits per heavy atom.